The molecule has 0 aromatic carbocycles. The average molecular weight is 447 g/mol. The van der Waals surface area contributed by atoms with E-state index in [0.717, 1.165) is 16.6 Å². The van der Waals surface area contributed by atoms with E-state index in [0.29, 0.717) is 25.2 Å². The molecule has 0 fully saturated rings. The quantitative estimate of drug-likeness (QED) is 0.551. The number of carbonyl (C=O) groups is 2. The van der Waals surface area contributed by atoms with Crippen molar-refractivity contribution >= 4 is 34.9 Å². The second kappa shape index (κ2) is 8.76. The van der Waals surface area contributed by atoms with Crippen LogP contribution in [0.1, 0.15) is 31.4 Å². The van der Waals surface area contributed by atoms with Crippen molar-refractivity contribution in [2.45, 2.75) is 19.6 Å². The number of hydrogen-bond donors (Lipinski definition) is 0. The van der Waals surface area contributed by atoms with Gasteiger partial charge in [0.1, 0.15) is 17.9 Å². The van der Waals surface area contributed by atoms with E-state index in [4.69, 9.17) is 9.47 Å². The lowest BCUT2D eigenvalue weighted by molar-refractivity contribution is 0.0592. The van der Waals surface area contributed by atoms with Crippen molar-refractivity contribution < 1.29 is 19.1 Å². The number of rotatable bonds is 5. The van der Waals surface area contributed by atoms with Gasteiger partial charge in [0.25, 0.3) is 11.5 Å². The molecule has 0 saturated carbocycles. The fourth-order valence-electron chi connectivity index (χ4n) is 3.35. The Morgan fingerprint density at radius 1 is 1.27 bits per heavy atom. The number of fused-ring (bicyclic) bond motifs is 1. The monoisotopic (exact) mass is 446 g/mol. The second-order valence-corrected chi connectivity index (χ2v) is 8.10. The number of ether oxygens (including phenoxy) is 2. The molecular weight excluding hydrogens is 428 g/mol. The largest absolute Gasteiger partial charge is 0.487 e. The summed E-state index contributed by atoms with van der Waals surface area (Å²) in [4.78, 5) is 40.6. The van der Waals surface area contributed by atoms with Crippen molar-refractivity contribution in [3.8, 4) is 5.75 Å². The SMILES string of the molecule is COC(=O)c1c(OCc2cccs2)cc(=O)n2c1CCN(C(=O)c1cnsn1)CC2. The number of hydrogen-bond acceptors (Lipinski definition) is 9. The van der Waals surface area contributed by atoms with Gasteiger partial charge in [0.05, 0.1) is 25.0 Å². The molecule has 0 saturated heterocycles. The molecule has 3 aromatic heterocycles. The first-order chi connectivity index (χ1) is 14.6. The number of nitrogens with zero attached hydrogens (tertiary/aromatic N) is 4. The predicted octanol–water partition coefficient (Wildman–Crippen LogP) is 1.83. The smallest absolute Gasteiger partial charge is 0.343 e. The van der Waals surface area contributed by atoms with E-state index in [-0.39, 0.29) is 41.6 Å². The number of carbonyl (C=O) groups excluding carboxylic acids is 2. The Balaban J connectivity index is 1.66. The normalized spacial score (nSPS) is 13.4. The van der Waals surface area contributed by atoms with Gasteiger partial charge in [-0.05, 0) is 11.4 Å². The van der Waals surface area contributed by atoms with Crippen LogP contribution in [0.15, 0.2) is 34.6 Å². The van der Waals surface area contributed by atoms with Crippen LogP contribution < -0.4 is 10.3 Å². The molecule has 1 aliphatic rings. The lowest BCUT2D eigenvalue weighted by atomic mass is 10.1. The highest BCUT2D eigenvalue weighted by atomic mass is 32.1. The minimum absolute atomic E-state index is 0.190. The molecule has 4 rings (SSSR count). The number of methoxy groups -OCH3 is 1. The lowest BCUT2D eigenvalue weighted by Crippen LogP contribution is -2.34. The third kappa shape index (κ3) is 3.98. The molecule has 0 aliphatic carbocycles. The lowest BCUT2D eigenvalue weighted by Gasteiger charge is -2.18. The van der Waals surface area contributed by atoms with Crippen LogP contribution >= 0.6 is 23.1 Å². The van der Waals surface area contributed by atoms with Gasteiger partial charge in [-0.1, -0.05) is 6.07 Å². The van der Waals surface area contributed by atoms with E-state index in [1.807, 2.05) is 17.5 Å². The summed E-state index contributed by atoms with van der Waals surface area (Å²) >= 11 is 2.48. The fraction of sp³-hybridized carbons (Fsp3) is 0.316. The van der Waals surface area contributed by atoms with E-state index in [2.05, 4.69) is 8.75 Å². The van der Waals surface area contributed by atoms with Crippen LogP contribution in [0.25, 0.3) is 0 Å². The third-order valence-electron chi connectivity index (χ3n) is 4.80. The highest BCUT2D eigenvalue weighted by molar-refractivity contribution is 7.09. The van der Waals surface area contributed by atoms with Crippen molar-refractivity contribution in [2.75, 3.05) is 20.2 Å². The summed E-state index contributed by atoms with van der Waals surface area (Å²) in [6.45, 7) is 1.14. The molecular formula is C19H18N4O5S2. The molecule has 0 spiro atoms. The number of pyridine rings is 1. The predicted molar refractivity (Wildman–Crippen MR) is 110 cm³/mol. The zero-order valence-electron chi connectivity index (χ0n) is 16.1. The minimum atomic E-state index is -0.580. The first kappa shape index (κ1) is 20.2. The number of aromatic nitrogens is 3. The van der Waals surface area contributed by atoms with Gasteiger partial charge in [0, 0.05) is 42.7 Å². The average Bonchev–Trinajstić information content (AvgIpc) is 3.42. The summed E-state index contributed by atoms with van der Waals surface area (Å²) in [6.07, 6.45) is 1.73. The molecule has 4 heterocycles. The van der Waals surface area contributed by atoms with Gasteiger partial charge in [0.2, 0.25) is 0 Å². The number of esters is 1. The minimum Gasteiger partial charge on any atom is -0.487 e. The van der Waals surface area contributed by atoms with Gasteiger partial charge in [-0.2, -0.15) is 8.75 Å². The summed E-state index contributed by atoms with van der Waals surface area (Å²) in [5.41, 5.74) is 0.704. The molecule has 156 valence electrons. The van der Waals surface area contributed by atoms with Crippen molar-refractivity contribution in [1.29, 1.82) is 0 Å². The van der Waals surface area contributed by atoms with Crippen LogP contribution in [0.2, 0.25) is 0 Å². The third-order valence-corrected chi connectivity index (χ3v) is 6.13. The Bertz CT molecular complexity index is 1110. The Hall–Kier alpha value is -3.05. The molecule has 0 atom stereocenters. The van der Waals surface area contributed by atoms with Crippen molar-refractivity contribution in [3.63, 3.8) is 0 Å². The summed E-state index contributed by atoms with van der Waals surface area (Å²) in [7, 11) is 1.29. The molecule has 0 N–H and O–H groups in total. The van der Waals surface area contributed by atoms with Crippen LogP contribution in [0.4, 0.5) is 0 Å². The summed E-state index contributed by atoms with van der Waals surface area (Å²) < 4.78 is 20.2. The molecule has 1 amide bonds. The maximum absolute atomic E-state index is 12.8. The number of amides is 1. The Labute approximate surface area is 179 Å². The van der Waals surface area contributed by atoms with Crippen molar-refractivity contribution in [3.05, 3.63) is 62.0 Å². The summed E-state index contributed by atoms with van der Waals surface area (Å²) in [5.74, 6) is -0.642. The van der Waals surface area contributed by atoms with Crippen LogP contribution in [0, 0.1) is 0 Å². The molecule has 0 radical (unpaired) electrons. The molecule has 3 aromatic rings. The zero-order chi connectivity index (χ0) is 21.1. The van der Waals surface area contributed by atoms with Crippen LogP contribution in [-0.4, -0.2) is 50.3 Å². The fourth-order valence-corrected chi connectivity index (χ4v) is 4.38. The van der Waals surface area contributed by atoms with Gasteiger partial charge in [-0.15, -0.1) is 11.3 Å². The number of thiophene rings is 1. The maximum Gasteiger partial charge on any atom is 0.343 e. The zero-order valence-corrected chi connectivity index (χ0v) is 17.7. The van der Waals surface area contributed by atoms with E-state index < -0.39 is 5.97 Å². The molecule has 0 bridgehead atoms. The van der Waals surface area contributed by atoms with E-state index in [1.165, 1.54) is 35.3 Å². The second-order valence-electron chi connectivity index (χ2n) is 6.51. The van der Waals surface area contributed by atoms with Crippen LogP contribution in [0.5, 0.6) is 5.75 Å². The van der Waals surface area contributed by atoms with E-state index in [1.54, 1.807) is 4.90 Å². The Morgan fingerprint density at radius 2 is 2.13 bits per heavy atom. The van der Waals surface area contributed by atoms with Crippen molar-refractivity contribution in [2.24, 2.45) is 0 Å². The topological polar surface area (TPSA) is 104 Å². The highest BCUT2D eigenvalue weighted by Gasteiger charge is 2.28. The molecule has 9 nitrogen and oxygen atoms in total. The molecule has 30 heavy (non-hydrogen) atoms. The molecule has 11 heteroatoms. The van der Waals surface area contributed by atoms with E-state index in [9.17, 15) is 14.4 Å². The molecule has 1 aliphatic heterocycles. The maximum atomic E-state index is 12.8. The van der Waals surface area contributed by atoms with E-state index >= 15 is 0 Å². The van der Waals surface area contributed by atoms with Gasteiger partial charge >= 0.3 is 5.97 Å². The summed E-state index contributed by atoms with van der Waals surface area (Å²) in [6, 6.07) is 5.13. The van der Waals surface area contributed by atoms with Gasteiger partial charge in [-0.3, -0.25) is 9.59 Å². The Morgan fingerprint density at radius 3 is 2.83 bits per heavy atom. The van der Waals surface area contributed by atoms with Gasteiger partial charge in [0.15, 0.2) is 5.69 Å². The van der Waals surface area contributed by atoms with Gasteiger partial charge < -0.3 is 18.9 Å². The standard InChI is InChI=1S/C19H18N4O5S2/c1-27-19(26)17-14-4-5-22(18(25)13-10-20-30-21-13)6-7-23(14)16(24)9-15(17)28-11-12-3-2-8-29-12/h2-3,8-10H,4-7,11H2,1H3. The summed E-state index contributed by atoms with van der Waals surface area (Å²) in [5, 5.41) is 1.93. The van der Waals surface area contributed by atoms with Gasteiger partial charge in [-0.25, -0.2) is 4.79 Å². The first-order valence-corrected chi connectivity index (χ1v) is 10.8. The highest BCUT2D eigenvalue weighted by Crippen LogP contribution is 2.25. The Kier molecular flexibility index (Phi) is 5.91. The first-order valence-electron chi connectivity index (χ1n) is 9.15. The molecule has 0 unspecified atom stereocenters. The van der Waals surface area contributed by atoms with Crippen LogP contribution in [-0.2, 0) is 24.3 Å². The van der Waals surface area contributed by atoms with Crippen molar-refractivity contribution in [1.82, 2.24) is 18.2 Å². The van der Waals surface area contributed by atoms with Crippen LogP contribution in [0.3, 0.4) is 0 Å².